The van der Waals surface area contributed by atoms with Crippen molar-refractivity contribution in [2.75, 3.05) is 13.2 Å². The van der Waals surface area contributed by atoms with E-state index in [1.54, 1.807) is 0 Å². The molecular weight excluding hydrogens is 226 g/mol. The molecule has 0 saturated heterocycles. The largest absolute Gasteiger partial charge is 0.395 e. The Morgan fingerprint density at radius 3 is 2.67 bits per heavy atom. The van der Waals surface area contributed by atoms with Crippen LogP contribution in [0.15, 0.2) is 0 Å². The zero-order valence-corrected chi connectivity index (χ0v) is 11.7. The fourth-order valence-electron chi connectivity index (χ4n) is 4.29. The maximum absolute atomic E-state index is 12.3. The van der Waals surface area contributed by atoms with Gasteiger partial charge in [0.1, 0.15) is 5.78 Å². The highest BCUT2D eigenvalue weighted by molar-refractivity contribution is 5.84. The number of hydrogen-bond acceptors (Lipinski definition) is 3. The fraction of sp³-hybridized carbons (Fsp3) is 0.933. The summed E-state index contributed by atoms with van der Waals surface area (Å²) in [5, 5.41) is 12.3. The van der Waals surface area contributed by atoms with Crippen LogP contribution in [0.5, 0.6) is 0 Å². The molecule has 2 fully saturated rings. The first-order valence-corrected chi connectivity index (χ1v) is 7.56. The van der Waals surface area contributed by atoms with Crippen molar-refractivity contribution in [1.29, 1.82) is 0 Å². The van der Waals surface area contributed by atoms with Gasteiger partial charge in [0.2, 0.25) is 0 Å². The zero-order valence-electron chi connectivity index (χ0n) is 11.7. The molecule has 0 aliphatic heterocycles. The van der Waals surface area contributed by atoms with Gasteiger partial charge in [-0.2, -0.15) is 0 Å². The molecule has 2 saturated carbocycles. The van der Waals surface area contributed by atoms with Crippen LogP contribution in [0, 0.1) is 23.7 Å². The summed E-state index contributed by atoms with van der Waals surface area (Å²) in [5.74, 6) is 3.11. The molecule has 3 nitrogen and oxygen atoms in total. The first-order valence-electron chi connectivity index (χ1n) is 7.56. The van der Waals surface area contributed by atoms with Gasteiger partial charge in [-0.05, 0) is 49.4 Å². The second-order valence-electron chi connectivity index (χ2n) is 6.14. The number of ketones is 1. The Hall–Kier alpha value is -0.410. The van der Waals surface area contributed by atoms with Crippen LogP contribution < -0.4 is 5.32 Å². The second kappa shape index (κ2) is 6.16. The zero-order chi connectivity index (χ0) is 13.1. The Labute approximate surface area is 110 Å². The molecule has 2 aliphatic carbocycles. The molecule has 0 spiro atoms. The summed E-state index contributed by atoms with van der Waals surface area (Å²) in [4.78, 5) is 12.3. The summed E-state index contributed by atoms with van der Waals surface area (Å²) in [5.41, 5.74) is 0. The van der Waals surface area contributed by atoms with Crippen LogP contribution in [-0.4, -0.2) is 30.1 Å². The highest BCUT2D eigenvalue weighted by atomic mass is 16.3. The van der Waals surface area contributed by atoms with Crippen molar-refractivity contribution in [3.8, 4) is 0 Å². The lowest BCUT2D eigenvalue weighted by Gasteiger charge is -2.35. The molecule has 0 amide bonds. The van der Waals surface area contributed by atoms with Crippen molar-refractivity contribution in [1.82, 2.24) is 5.32 Å². The van der Waals surface area contributed by atoms with E-state index < -0.39 is 0 Å². The molecule has 2 rings (SSSR count). The fourth-order valence-corrected chi connectivity index (χ4v) is 4.29. The van der Waals surface area contributed by atoms with Gasteiger partial charge in [0, 0.05) is 13.0 Å². The molecule has 2 N–H and O–H groups in total. The van der Waals surface area contributed by atoms with Crippen molar-refractivity contribution < 1.29 is 9.90 Å². The smallest absolute Gasteiger partial charge is 0.150 e. The Kier molecular flexibility index (Phi) is 4.79. The van der Waals surface area contributed by atoms with Gasteiger partial charge in [0.25, 0.3) is 0 Å². The second-order valence-corrected chi connectivity index (χ2v) is 6.14. The van der Waals surface area contributed by atoms with E-state index in [-0.39, 0.29) is 12.6 Å². The van der Waals surface area contributed by atoms with Gasteiger partial charge in [0.05, 0.1) is 12.6 Å². The van der Waals surface area contributed by atoms with Crippen LogP contribution in [0.25, 0.3) is 0 Å². The number of carbonyl (C=O) groups excluding carboxylic acids is 1. The molecule has 3 heteroatoms. The van der Waals surface area contributed by atoms with Crippen LogP contribution in [-0.2, 0) is 4.79 Å². The molecule has 5 unspecified atom stereocenters. The minimum absolute atomic E-state index is 0.0117. The summed E-state index contributed by atoms with van der Waals surface area (Å²) in [6.07, 6.45) is 5.57. The van der Waals surface area contributed by atoms with E-state index in [0.29, 0.717) is 30.6 Å². The van der Waals surface area contributed by atoms with Gasteiger partial charge in [-0.3, -0.25) is 4.79 Å². The van der Waals surface area contributed by atoms with Crippen LogP contribution in [0.4, 0.5) is 0 Å². The standard InChI is InChI=1S/C15H27NO2/c1-3-4-13(18)15(16-7-8-17)14-10(2)11-5-6-12(14)9-11/h10-12,14-17H,3-9H2,1-2H3. The maximum Gasteiger partial charge on any atom is 0.150 e. The molecule has 5 atom stereocenters. The molecule has 0 aromatic carbocycles. The molecule has 2 aliphatic rings. The number of aliphatic hydroxyl groups is 1. The Morgan fingerprint density at radius 1 is 1.39 bits per heavy atom. The lowest BCUT2D eigenvalue weighted by molar-refractivity contribution is -0.123. The highest BCUT2D eigenvalue weighted by Crippen LogP contribution is 2.53. The van der Waals surface area contributed by atoms with Gasteiger partial charge in [-0.25, -0.2) is 0 Å². The lowest BCUT2D eigenvalue weighted by atomic mass is 9.74. The van der Waals surface area contributed by atoms with Crippen molar-refractivity contribution in [2.45, 2.75) is 52.0 Å². The summed E-state index contributed by atoms with van der Waals surface area (Å²) in [6, 6.07) is -0.0117. The lowest BCUT2D eigenvalue weighted by Crippen LogP contribution is -2.48. The number of fused-ring (bicyclic) bond motifs is 2. The Morgan fingerprint density at radius 2 is 2.11 bits per heavy atom. The summed E-state index contributed by atoms with van der Waals surface area (Å²) < 4.78 is 0. The number of carbonyl (C=O) groups is 1. The Balaban J connectivity index is 2.05. The molecule has 2 bridgehead atoms. The third-order valence-corrected chi connectivity index (χ3v) is 5.11. The van der Waals surface area contributed by atoms with Crippen molar-refractivity contribution >= 4 is 5.78 Å². The maximum atomic E-state index is 12.3. The number of rotatable bonds is 7. The van der Waals surface area contributed by atoms with Crippen LogP contribution in [0.1, 0.15) is 46.0 Å². The van der Waals surface area contributed by atoms with Crippen molar-refractivity contribution in [3.63, 3.8) is 0 Å². The summed E-state index contributed by atoms with van der Waals surface area (Å²) >= 11 is 0. The van der Waals surface area contributed by atoms with Crippen molar-refractivity contribution in [2.24, 2.45) is 23.7 Å². The number of nitrogens with one attached hydrogen (secondary N) is 1. The summed E-state index contributed by atoms with van der Waals surface area (Å²) in [7, 11) is 0. The van der Waals surface area contributed by atoms with Crippen LogP contribution >= 0.6 is 0 Å². The van der Waals surface area contributed by atoms with E-state index >= 15 is 0 Å². The van der Waals surface area contributed by atoms with Gasteiger partial charge in [-0.15, -0.1) is 0 Å². The average Bonchev–Trinajstić information content (AvgIpc) is 2.92. The third kappa shape index (κ3) is 2.62. The number of hydrogen-bond donors (Lipinski definition) is 2. The van der Waals surface area contributed by atoms with Crippen molar-refractivity contribution in [3.05, 3.63) is 0 Å². The van der Waals surface area contributed by atoms with E-state index in [1.807, 2.05) is 0 Å². The number of Topliss-reactive ketones (excluding diaryl/α,β-unsaturated/α-hetero) is 1. The Bertz CT molecular complexity index is 290. The normalized spacial score (nSPS) is 35.9. The molecule has 18 heavy (non-hydrogen) atoms. The van der Waals surface area contributed by atoms with E-state index in [9.17, 15) is 4.79 Å². The molecule has 0 heterocycles. The van der Waals surface area contributed by atoms with Crippen LogP contribution in [0.2, 0.25) is 0 Å². The molecule has 0 aromatic heterocycles. The van der Waals surface area contributed by atoms with E-state index in [1.165, 1.54) is 19.3 Å². The molecule has 104 valence electrons. The molecular formula is C15H27NO2. The van der Waals surface area contributed by atoms with Gasteiger partial charge < -0.3 is 10.4 Å². The predicted molar refractivity (Wildman–Crippen MR) is 72.3 cm³/mol. The first-order chi connectivity index (χ1) is 8.69. The third-order valence-electron chi connectivity index (χ3n) is 5.11. The summed E-state index contributed by atoms with van der Waals surface area (Å²) in [6.45, 7) is 5.04. The van der Waals surface area contributed by atoms with E-state index in [2.05, 4.69) is 19.2 Å². The number of aliphatic hydroxyl groups excluding tert-OH is 1. The van der Waals surface area contributed by atoms with E-state index in [0.717, 1.165) is 18.3 Å². The topological polar surface area (TPSA) is 49.3 Å². The first kappa shape index (κ1) is 14.0. The van der Waals surface area contributed by atoms with Gasteiger partial charge in [-0.1, -0.05) is 13.8 Å². The van der Waals surface area contributed by atoms with Crippen LogP contribution in [0.3, 0.4) is 0 Å². The minimum atomic E-state index is -0.0117. The quantitative estimate of drug-likeness (QED) is 0.729. The van der Waals surface area contributed by atoms with Gasteiger partial charge >= 0.3 is 0 Å². The molecule has 0 radical (unpaired) electrons. The highest BCUT2D eigenvalue weighted by Gasteiger charge is 2.49. The minimum Gasteiger partial charge on any atom is -0.395 e. The average molecular weight is 253 g/mol. The SMILES string of the molecule is CCCC(=O)C(NCCO)C1C2CCC(C2)C1C. The predicted octanol–water partition coefficient (Wildman–Crippen LogP) is 1.99. The molecule has 0 aromatic rings. The van der Waals surface area contributed by atoms with E-state index in [4.69, 9.17) is 5.11 Å². The monoisotopic (exact) mass is 253 g/mol. The van der Waals surface area contributed by atoms with Gasteiger partial charge in [0.15, 0.2) is 0 Å².